The molecule has 1 aromatic heterocycles. The zero-order valence-electron chi connectivity index (χ0n) is 10.8. The fourth-order valence-electron chi connectivity index (χ4n) is 3.06. The monoisotopic (exact) mass is 300 g/mol. The zero-order valence-corrected chi connectivity index (χ0v) is 11.6. The number of aromatic carboxylic acids is 1. The molecule has 3 heterocycles. The molecule has 0 saturated carbocycles. The standard InChI is InChI=1S/C12H16N2O5S/c15-12(16)10-3-4-11(19-10)20(17,18)13-8-5-7-14-6-1-2-9(8)14/h3-4,8-9,13H,1-2,5-7H2,(H,15,16). The molecule has 2 unspecified atom stereocenters. The molecule has 0 spiro atoms. The number of nitrogens with one attached hydrogen (secondary N) is 1. The summed E-state index contributed by atoms with van der Waals surface area (Å²) >= 11 is 0. The molecule has 0 aromatic carbocycles. The van der Waals surface area contributed by atoms with E-state index in [4.69, 9.17) is 9.52 Å². The molecule has 3 rings (SSSR count). The summed E-state index contributed by atoms with van der Waals surface area (Å²) in [5.74, 6) is -1.66. The molecule has 2 aliphatic rings. The van der Waals surface area contributed by atoms with Crippen LogP contribution >= 0.6 is 0 Å². The molecule has 0 amide bonds. The lowest BCUT2D eigenvalue weighted by Crippen LogP contribution is -2.42. The highest BCUT2D eigenvalue weighted by molar-refractivity contribution is 7.89. The van der Waals surface area contributed by atoms with Gasteiger partial charge in [-0.1, -0.05) is 0 Å². The lowest BCUT2D eigenvalue weighted by Gasteiger charge is -2.20. The van der Waals surface area contributed by atoms with Gasteiger partial charge in [0.05, 0.1) is 0 Å². The fraction of sp³-hybridized carbons (Fsp3) is 0.583. The van der Waals surface area contributed by atoms with Crippen molar-refractivity contribution in [1.29, 1.82) is 0 Å². The maximum Gasteiger partial charge on any atom is 0.371 e. The first kappa shape index (κ1) is 13.6. The van der Waals surface area contributed by atoms with Crippen LogP contribution < -0.4 is 4.72 Å². The van der Waals surface area contributed by atoms with Gasteiger partial charge in [-0.25, -0.2) is 17.9 Å². The predicted octanol–water partition coefficient (Wildman–Crippen LogP) is 0.493. The van der Waals surface area contributed by atoms with Gasteiger partial charge in [0.15, 0.2) is 0 Å². The highest BCUT2D eigenvalue weighted by Crippen LogP contribution is 2.29. The number of carboxylic acids is 1. The van der Waals surface area contributed by atoms with Crippen LogP contribution in [0.25, 0.3) is 0 Å². The second-order valence-electron chi connectivity index (χ2n) is 5.19. The molecule has 2 N–H and O–H groups in total. The Morgan fingerprint density at radius 3 is 2.85 bits per heavy atom. The molecule has 0 bridgehead atoms. The molecule has 2 fully saturated rings. The van der Waals surface area contributed by atoms with Crippen molar-refractivity contribution in [1.82, 2.24) is 9.62 Å². The maximum absolute atomic E-state index is 12.2. The molecular formula is C12H16N2O5S. The summed E-state index contributed by atoms with van der Waals surface area (Å²) in [6.45, 7) is 1.92. The van der Waals surface area contributed by atoms with Gasteiger partial charge in [-0.2, -0.15) is 0 Å². The van der Waals surface area contributed by atoms with E-state index in [-0.39, 0.29) is 22.9 Å². The van der Waals surface area contributed by atoms with Gasteiger partial charge < -0.3 is 9.52 Å². The molecule has 2 aliphatic heterocycles. The van der Waals surface area contributed by atoms with Crippen molar-refractivity contribution >= 4 is 16.0 Å². The Bertz CT molecular complexity index is 624. The van der Waals surface area contributed by atoms with Crippen LogP contribution in [0.5, 0.6) is 0 Å². The van der Waals surface area contributed by atoms with E-state index >= 15 is 0 Å². The number of hydrogen-bond acceptors (Lipinski definition) is 5. The van der Waals surface area contributed by atoms with Crippen molar-refractivity contribution in [3.05, 3.63) is 17.9 Å². The van der Waals surface area contributed by atoms with E-state index < -0.39 is 16.0 Å². The highest BCUT2D eigenvalue weighted by atomic mass is 32.2. The third kappa shape index (κ3) is 2.34. The number of hydrogen-bond donors (Lipinski definition) is 2. The summed E-state index contributed by atoms with van der Waals surface area (Å²) in [6.07, 6.45) is 2.86. The number of carbonyl (C=O) groups is 1. The third-order valence-electron chi connectivity index (χ3n) is 3.97. The van der Waals surface area contributed by atoms with Gasteiger partial charge in [-0.05, 0) is 37.9 Å². The second kappa shape index (κ2) is 4.87. The summed E-state index contributed by atoms with van der Waals surface area (Å²) < 4.78 is 31.9. The summed E-state index contributed by atoms with van der Waals surface area (Å²) in [7, 11) is -3.80. The molecule has 1 aromatic rings. The SMILES string of the molecule is O=C(O)c1ccc(S(=O)(=O)NC2CCN3CCCC23)o1. The Morgan fingerprint density at radius 2 is 2.15 bits per heavy atom. The van der Waals surface area contributed by atoms with Gasteiger partial charge in [0.2, 0.25) is 10.9 Å². The van der Waals surface area contributed by atoms with Crippen molar-refractivity contribution in [3.63, 3.8) is 0 Å². The molecule has 0 aliphatic carbocycles. The number of nitrogens with zero attached hydrogens (tertiary/aromatic N) is 1. The van der Waals surface area contributed by atoms with Crippen LogP contribution in [0.2, 0.25) is 0 Å². The lowest BCUT2D eigenvalue weighted by molar-refractivity contribution is 0.0656. The average Bonchev–Trinajstić information content (AvgIpc) is 3.05. The minimum absolute atomic E-state index is 0.124. The van der Waals surface area contributed by atoms with Crippen molar-refractivity contribution in [2.24, 2.45) is 0 Å². The van der Waals surface area contributed by atoms with Crippen molar-refractivity contribution in [2.75, 3.05) is 13.1 Å². The van der Waals surface area contributed by atoms with E-state index in [0.29, 0.717) is 0 Å². The first-order chi connectivity index (χ1) is 9.47. The average molecular weight is 300 g/mol. The van der Waals surface area contributed by atoms with Gasteiger partial charge in [0.25, 0.3) is 10.0 Å². The minimum atomic E-state index is -3.80. The van der Waals surface area contributed by atoms with Crippen LogP contribution in [-0.4, -0.2) is 49.6 Å². The van der Waals surface area contributed by atoms with Crippen LogP contribution in [0.1, 0.15) is 29.8 Å². The van der Waals surface area contributed by atoms with Gasteiger partial charge >= 0.3 is 5.97 Å². The molecule has 8 heteroatoms. The second-order valence-corrected chi connectivity index (χ2v) is 6.83. The molecule has 0 radical (unpaired) electrons. The van der Waals surface area contributed by atoms with E-state index in [1.54, 1.807) is 0 Å². The van der Waals surface area contributed by atoms with E-state index in [0.717, 1.165) is 38.4 Å². The Balaban J connectivity index is 1.76. The number of carboxylic acid groups (broad SMARTS) is 1. The van der Waals surface area contributed by atoms with Crippen LogP contribution in [0.4, 0.5) is 0 Å². The molecule has 2 saturated heterocycles. The molecular weight excluding hydrogens is 284 g/mol. The molecule has 7 nitrogen and oxygen atoms in total. The Morgan fingerprint density at radius 1 is 1.35 bits per heavy atom. The van der Waals surface area contributed by atoms with Crippen molar-refractivity contribution in [2.45, 2.75) is 36.4 Å². The van der Waals surface area contributed by atoms with Crippen LogP contribution in [0.15, 0.2) is 21.6 Å². The summed E-state index contributed by atoms with van der Waals surface area (Å²) in [6, 6.07) is 2.44. The van der Waals surface area contributed by atoms with E-state index in [1.165, 1.54) is 6.07 Å². The highest BCUT2D eigenvalue weighted by Gasteiger charge is 2.39. The van der Waals surface area contributed by atoms with Gasteiger partial charge in [-0.15, -0.1) is 0 Å². The predicted molar refractivity (Wildman–Crippen MR) is 69.0 cm³/mol. The van der Waals surface area contributed by atoms with Crippen molar-refractivity contribution in [3.8, 4) is 0 Å². The van der Waals surface area contributed by atoms with Crippen LogP contribution in [0, 0.1) is 0 Å². The van der Waals surface area contributed by atoms with Gasteiger partial charge in [0, 0.05) is 18.6 Å². The maximum atomic E-state index is 12.2. The van der Waals surface area contributed by atoms with Gasteiger partial charge in [-0.3, -0.25) is 4.90 Å². The first-order valence-corrected chi connectivity index (χ1v) is 8.05. The first-order valence-electron chi connectivity index (χ1n) is 6.57. The van der Waals surface area contributed by atoms with Gasteiger partial charge in [0.1, 0.15) is 0 Å². The quantitative estimate of drug-likeness (QED) is 0.839. The fourth-order valence-corrected chi connectivity index (χ4v) is 4.29. The summed E-state index contributed by atoms with van der Waals surface area (Å²) in [5.41, 5.74) is 0. The lowest BCUT2D eigenvalue weighted by atomic mass is 10.1. The smallest absolute Gasteiger partial charge is 0.371 e. The summed E-state index contributed by atoms with van der Waals surface area (Å²) in [5, 5.41) is 8.41. The van der Waals surface area contributed by atoms with Crippen molar-refractivity contribution < 1.29 is 22.7 Å². The van der Waals surface area contributed by atoms with E-state index in [1.807, 2.05) is 0 Å². The normalized spacial score (nSPS) is 26.8. The molecule has 110 valence electrons. The number of furan rings is 1. The topological polar surface area (TPSA) is 99.8 Å². The number of sulfonamides is 1. The molecule has 2 atom stereocenters. The van der Waals surface area contributed by atoms with E-state index in [2.05, 4.69) is 9.62 Å². The minimum Gasteiger partial charge on any atom is -0.475 e. The van der Waals surface area contributed by atoms with E-state index in [9.17, 15) is 13.2 Å². The molecule has 20 heavy (non-hydrogen) atoms. The van der Waals surface area contributed by atoms with Crippen LogP contribution in [0.3, 0.4) is 0 Å². The Hall–Kier alpha value is -1.38. The largest absolute Gasteiger partial charge is 0.475 e. The Kier molecular flexibility index (Phi) is 3.31. The Labute approximate surface area is 116 Å². The van der Waals surface area contributed by atoms with Crippen LogP contribution in [-0.2, 0) is 10.0 Å². The number of rotatable bonds is 4. The zero-order chi connectivity index (χ0) is 14.3. The summed E-state index contributed by atoms with van der Waals surface area (Å²) in [4.78, 5) is 13.0. The third-order valence-corrected chi connectivity index (χ3v) is 5.33. The number of fused-ring (bicyclic) bond motifs is 1.